The zero-order chi connectivity index (χ0) is 10.0. The number of halogens is 2. The number of rotatable bonds is 2. The highest BCUT2D eigenvalue weighted by Gasteiger charge is 2.20. The van der Waals surface area contributed by atoms with E-state index in [2.05, 4.69) is 4.98 Å². The molecule has 0 aliphatic rings. The molecule has 1 heterocycles. The molecule has 4 heteroatoms. The number of aromatic nitrogens is 1. The average Bonchev–Trinajstić information content (AvgIpc) is 2.03. The lowest BCUT2D eigenvalue weighted by Crippen LogP contribution is -2.10. The summed E-state index contributed by atoms with van der Waals surface area (Å²) in [6.07, 6.45) is 0.664. The van der Waals surface area contributed by atoms with Crippen molar-refractivity contribution in [3.63, 3.8) is 0 Å². The number of hydrogen-bond donors (Lipinski definition) is 1. The minimum absolute atomic E-state index is 0.230. The van der Waals surface area contributed by atoms with Crippen molar-refractivity contribution in [1.82, 2.24) is 4.98 Å². The van der Waals surface area contributed by atoms with Crippen LogP contribution in [-0.4, -0.2) is 10.1 Å². The van der Waals surface area contributed by atoms with Gasteiger partial charge < -0.3 is 5.11 Å². The first-order valence-electron chi connectivity index (χ1n) is 4.01. The van der Waals surface area contributed by atoms with Crippen molar-refractivity contribution in [2.45, 2.75) is 20.0 Å². The second-order valence-corrected chi connectivity index (χ2v) is 3.21. The maximum atomic E-state index is 13.0. The van der Waals surface area contributed by atoms with E-state index in [0.29, 0.717) is 0 Å². The summed E-state index contributed by atoms with van der Waals surface area (Å²) >= 11 is 0. The molecule has 0 radical (unpaired) electrons. The number of pyridine rings is 1. The lowest BCUT2D eigenvalue weighted by atomic mass is 9.99. The summed E-state index contributed by atoms with van der Waals surface area (Å²) in [4.78, 5) is 3.33. The van der Waals surface area contributed by atoms with E-state index in [1.54, 1.807) is 13.8 Å². The highest BCUT2D eigenvalue weighted by Crippen LogP contribution is 2.25. The van der Waals surface area contributed by atoms with Gasteiger partial charge in [0.25, 0.3) is 0 Å². The highest BCUT2D eigenvalue weighted by atomic mass is 19.1. The maximum absolute atomic E-state index is 13.0. The Balaban J connectivity index is 3.12. The molecule has 72 valence electrons. The molecule has 0 amide bonds. The van der Waals surface area contributed by atoms with Crippen LogP contribution in [0.1, 0.15) is 25.5 Å². The summed E-state index contributed by atoms with van der Waals surface area (Å²) in [5.41, 5.74) is -0.301. The van der Waals surface area contributed by atoms with E-state index in [-0.39, 0.29) is 11.5 Å². The van der Waals surface area contributed by atoms with Crippen LogP contribution in [0, 0.1) is 17.6 Å². The van der Waals surface area contributed by atoms with Crippen LogP contribution < -0.4 is 0 Å². The quantitative estimate of drug-likeness (QED) is 0.768. The van der Waals surface area contributed by atoms with Crippen LogP contribution in [0.3, 0.4) is 0 Å². The van der Waals surface area contributed by atoms with Crippen LogP contribution in [0.4, 0.5) is 8.78 Å². The summed E-state index contributed by atoms with van der Waals surface area (Å²) in [6.45, 7) is 3.37. The van der Waals surface area contributed by atoms with Gasteiger partial charge in [0, 0.05) is 0 Å². The van der Waals surface area contributed by atoms with Crippen LogP contribution in [0.2, 0.25) is 0 Å². The average molecular weight is 187 g/mol. The molecule has 0 spiro atoms. The lowest BCUT2D eigenvalue weighted by molar-refractivity contribution is 0.118. The van der Waals surface area contributed by atoms with Gasteiger partial charge in [-0.1, -0.05) is 13.8 Å². The van der Waals surface area contributed by atoms with Gasteiger partial charge >= 0.3 is 0 Å². The van der Waals surface area contributed by atoms with E-state index in [1.165, 1.54) is 0 Å². The van der Waals surface area contributed by atoms with Gasteiger partial charge in [-0.05, 0) is 5.92 Å². The Morgan fingerprint density at radius 3 is 2.08 bits per heavy atom. The van der Waals surface area contributed by atoms with Crippen molar-refractivity contribution in [3.05, 3.63) is 29.6 Å². The fraction of sp³-hybridized carbons (Fsp3) is 0.444. The van der Waals surface area contributed by atoms with E-state index in [1.807, 2.05) is 0 Å². The molecule has 1 aromatic rings. The fourth-order valence-corrected chi connectivity index (χ4v) is 1.04. The van der Waals surface area contributed by atoms with Crippen molar-refractivity contribution >= 4 is 0 Å². The van der Waals surface area contributed by atoms with Crippen molar-refractivity contribution < 1.29 is 13.9 Å². The molecule has 0 aromatic carbocycles. The monoisotopic (exact) mass is 187 g/mol. The Kier molecular flexibility index (Phi) is 2.93. The van der Waals surface area contributed by atoms with Gasteiger partial charge in [-0.3, -0.25) is 4.98 Å². The van der Waals surface area contributed by atoms with E-state index < -0.39 is 17.7 Å². The second kappa shape index (κ2) is 3.79. The largest absolute Gasteiger partial charge is 0.388 e. The Bertz CT molecular complexity index is 281. The highest BCUT2D eigenvalue weighted by molar-refractivity contribution is 5.18. The molecule has 0 aliphatic carbocycles. The molecule has 1 rings (SSSR count). The molecule has 1 atom stereocenters. The minimum atomic E-state index is -1.12. The predicted octanol–water partition coefficient (Wildman–Crippen LogP) is 2.05. The minimum Gasteiger partial charge on any atom is -0.388 e. The zero-order valence-electron chi connectivity index (χ0n) is 7.46. The molecular formula is C9H11F2NO. The van der Waals surface area contributed by atoms with Crippen molar-refractivity contribution in [2.75, 3.05) is 0 Å². The Labute approximate surface area is 75.2 Å². The third-order valence-electron chi connectivity index (χ3n) is 1.82. The third kappa shape index (κ3) is 2.01. The summed E-state index contributed by atoms with van der Waals surface area (Å²) in [5.74, 6) is -1.84. The Morgan fingerprint density at radius 1 is 1.23 bits per heavy atom. The first-order valence-corrected chi connectivity index (χ1v) is 4.01. The summed E-state index contributed by atoms with van der Waals surface area (Å²) in [5, 5.41) is 9.45. The van der Waals surface area contributed by atoms with Crippen LogP contribution >= 0.6 is 0 Å². The number of hydrogen-bond acceptors (Lipinski definition) is 2. The number of aliphatic hydroxyl groups excluding tert-OH is 1. The molecule has 13 heavy (non-hydrogen) atoms. The summed E-state index contributed by atoms with van der Waals surface area (Å²) in [7, 11) is 0. The molecule has 0 saturated heterocycles. The molecule has 0 saturated carbocycles. The van der Waals surface area contributed by atoms with Gasteiger partial charge in [-0.25, -0.2) is 8.78 Å². The Hall–Kier alpha value is -1.03. The van der Waals surface area contributed by atoms with Crippen LogP contribution in [0.15, 0.2) is 12.4 Å². The lowest BCUT2D eigenvalue weighted by Gasteiger charge is -2.15. The molecule has 1 aromatic heterocycles. The standard InChI is InChI=1S/C9H11F2NO/c1-5(2)9(13)8-6(10)3-12-4-7(8)11/h3-5,9,13H,1-2H3. The van der Waals surface area contributed by atoms with Gasteiger partial charge in [0.15, 0.2) is 0 Å². The maximum Gasteiger partial charge on any atom is 0.150 e. The van der Waals surface area contributed by atoms with Crippen LogP contribution in [0.5, 0.6) is 0 Å². The first-order chi connectivity index (χ1) is 6.04. The SMILES string of the molecule is CC(C)C(O)c1c(F)cncc1F. The first kappa shape index (κ1) is 10.1. The van der Waals surface area contributed by atoms with Crippen LogP contribution in [-0.2, 0) is 0 Å². The molecule has 0 aliphatic heterocycles. The van der Waals surface area contributed by atoms with Gasteiger partial charge in [-0.15, -0.1) is 0 Å². The molecule has 2 nitrogen and oxygen atoms in total. The molecule has 1 unspecified atom stereocenters. The molecule has 0 fully saturated rings. The fourth-order valence-electron chi connectivity index (χ4n) is 1.04. The smallest absolute Gasteiger partial charge is 0.150 e. The summed E-state index contributed by atoms with van der Waals surface area (Å²) < 4.78 is 26.0. The molecule has 1 N–H and O–H groups in total. The van der Waals surface area contributed by atoms with Gasteiger partial charge in [-0.2, -0.15) is 0 Å². The second-order valence-electron chi connectivity index (χ2n) is 3.21. The van der Waals surface area contributed by atoms with Gasteiger partial charge in [0.1, 0.15) is 11.6 Å². The van der Waals surface area contributed by atoms with E-state index in [9.17, 15) is 13.9 Å². The van der Waals surface area contributed by atoms with E-state index in [4.69, 9.17) is 0 Å². The van der Waals surface area contributed by atoms with Crippen LogP contribution in [0.25, 0.3) is 0 Å². The van der Waals surface area contributed by atoms with Crippen molar-refractivity contribution in [1.29, 1.82) is 0 Å². The van der Waals surface area contributed by atoms with Gasteiger partial charge in [0.05, 0.1) is 24.1 Å². The third-order valence-corrected chi connectivity index (χ3v) is 1.82. The summed E-state index contributed by atoms with van der Waals surface area (Å²) in [6, 6.07) is 0. The van der Waals surface area contributed by atoms with Crippen molar-refractivity contribution in [3.8, 4) is 0 Å². The number of nitrogens with zero attached hydrogens (tertiary/aromatic N) is 1. The van der Waals surface area contributed by atoms with Gasteiger partial charge in [0.2, 0.25) is 0 Å². The van der Waals surface area contributed by atoms with Crippen molar-refractivity contribution in [2.24, 2.45) is 5.92 Å². The normalized spacial score (nSPS) is 13.4. The topological polar surface area (TPSA) is 33.1 Å². The molecular weight excluding hydrogens is 176 g/mol. The Morgan fingerprint density at radius 2 is 1.69 bits per heavy atom. The van der Waals surface area contributed by atoms with E-state index in [0.717, 1.165) is 12.4 Å². The molecule has 0 bridgehead atoms. The van der Waals surface area contributed by atoms with E-state index >= 15 is 0 Å². The number of aliphatic hydroxyl groups is 1. The zero-order valence-corrected chi connectivity index (χ0v) is 7.46. The predicted molar refractivity (Wildman–Crippen MR) is 44.0 cm³/mol.